The first-order valence-corrected chi connectivity index (χ1v) is 13.2. The van der Waals surface area contributed by atoms with Gasteiger partial charge in [-0.1, -0.05) is 57.0 Å². The van der Waals surface area contributed by atoms with Crippen LogP contribution in [0.1, 0.15) is 5.56 Å². The molecule has 1 amide bonds. The Bertz CT molecular complexity index is 1160. The van der Waals surface area contributed by atoms with Gasteiger partial charge in [0, 0.05) is 23.3 Å². The molecule has 8 nitrogen and oxygen atoms in total. The van der Waals surface area contributed by atoms with E-state index in [1.807, 2.05) is 0 Å². The van der Waals surface area contributed by atoms with Crippen LogP contribution in [0, 0.1) is 0 Å². The summed E-state index contributed by atoms with van der Waals surface area (Å²) in [6.07, 6.45) is 1.40. The van der Waals surface area contributed by atoms with E-state index >= 15 is 0 Å². The zero-order valence-corrected chi connectivity index (χ0v) is 21.2. The summed E-state index contributed by atoms with van der Waals surface area (Å²) in [6.45, 7) is -0.0652. The van der Waals surface area contributed by atoms with E-state index in [9.17, 15) is 13.2 Å². The van der Waals surface area contributed by atoms with Gasteiger partial charge in [0.15, 0.2) is 5.16 Å². The Hall–Kier alpha value is -1.63. The lowest BCUT2D eigenvalue weighted by molar-refractivity contribution is -0.121. The summed E-state index contributed by atoms with van der Waals surface area (Å²) in [4.78, 5) is 16.6. The molecule has 0 bridgehead atoms. The van der Waals surface area contributed by atoms with Gasteiger partial charge in [-0.15, -0.1) is 0 Å². The van der Waals surface area contributed by atoms with Crippen LogP contribution < -0.4 is 5.32 Å². The maximum absolute atomic E-state index is 13.3. The third-order valence-corrected chi connectivity index (χ3v) is 8.12. The van der Waals surface area contributed by atoms with Crippen molar-refractivity contribution in [1.82, 2.24) is 24.8 Å². The zero-order valence-electron chi connectivity index (χ0n) is 16.5. The third kappa shape index (κ3) is 6.93. The Labute approximate surface area is 208 Å². The highest BCUT2D eigenvalue weighted by molar-refractivity contribution is 9.10. The molecule has 1 aromatic heterocycles. The number of thioether (sulfide) groups is 1. The number of rotatable bonds is 10. The fourth-order valence-corrected chi connectivity index (χ4v) is 5.25. The molecule has 1 heterocycles. The number of carbonyl (C=O) groups is 1. The van der Waals surface area contributed by atoms with Gasteiger partial charge in [-0.2, -0.15) is 9.40 Å². The Kier molecular flexibility index (Phi) is 8.97. The summed E-state index contributed by atoms with van der Waals surface area (Å²) in [5.74, 6) is 0.122. The zero-order chi connectivity index (χ0) is 23.1. The van der Waals surface area contributed by atoms with Crippen molar-refractivity contribution in [1.29, 1.82) is 0 Å². The second kappa shape index (κ2) is 11.5. The van der Waals surface area contributed by atoms with Crippen LogP contribution in [0.2, 0.25) is 10.0 Å². The third-order valence-electron chi connectivity index (χ3n) is 4.17. The normalized spacial score (nSPS) is 11.6. The van der Waals surface area contributed by atoms with Gasteiger partial charge in [0.25, 0.3) is 0 Å². The van der Waals surface area contributed by atoms with Crippen LogP contribution >= 0.6 is 50.9 Å². The van der Waals surface area contributed by atoms with Crippen LogP contribution in [0.15, 0.2) is 63.3 Å². The summed E-state index contributed by atoms with van der Waals surface area (Å²) < 4.78 is 28.4. The van der Waals surface area contributed by atoms with E-state index in [0.717, 1.165) is 8.78 Å². The van der Waals surface area contributed by atoms with Gasteiger partial charge in [-0.05, 0) is 42.0 Å². The van der Waals surface area contributed by atoms with Crippen LogP contribution in [0.5, 0.6) is 0 Å². The van der Waals surface area contributed by atoms with Crippen LogP contribution in [0.3, 0.4) is 0 Å². The van der Waals surface area contributed by atoms with Crippen LogP contribution in [0.4, 0.5) is 0 Å². The van der Waals surface area contributed by atoms with Crippen molar-refractivity contribution < 1.29 is 13.2 Å². The molecule has 2 aromatic carbocycles. The van der Waals surface area contributed by atoms with E-state index < -0.39 is 15.9 Å². The van der Waals surface area contributed by atoms with Crippen LogP contribution in [-0.2, 0) is 21.4 Å². The molecule has 0 aliphatic rings. The van der Waals surface area contributed by atoms with Crippen molar-refractivity contribution in [3.63, 3.8) is 0 Å². The Morgan fingerprint density at radius 3 is 2.56 bits per heavy atom. The molecular weight excluding hydrogens is 561 g/mol. The quantitative estimate of drug-likeness (QED) is 0.278. The van der Waals surface area contributed by atoms with Crippen molar-refractivity contribution in [2.75, 3.05) is 18.8 Å². The smallest absolute Gasteiger partial charge is 0.243 e. The van der Waals surface area contributed by atoms with Crippen LogP contribution in [-0.4, -0.2) is 52.7 Å². The molecular formula is C19H18BrCl2N5O3S2. The molecule has 0 unspecified atom stereocenters. The van der Waals surface area contributed by atoms with Gasteiger partial charge in [0.2, 0.25) is 15.9 Å². The first kappa shape index (κ1) is 25.0. The molecule has 0 spiro atoms. The number of aromatic nitrogens is 3. The first-order valence-electron chi connectivity index (χ1n) is 9.20. The molecule has 0 atom stereocenters. The minimum Gasteiger partial charge on any atom is -0.354 e. The van der Waals surface area contributed by atoms with Gasteiger partial charge in [0.05, 0.1) is 21.5 Å². The largest absolute Gasteiger partial charge is 0.354 e. The topological polar surface area (TPSA) is 108 Å². The molecule has 170 valence electrons. The van der Waals surface area contributed by atoms with E-state index in [1.54, 1.807) is 30.3 Å². The summed E-state index contributed by atoms with van der Waals surface area (Å²) >= 11 is 16.7. The summed E-state index contributed by atoms with van der Waals surface area (Å²) in [5.41, 5.74) is 0.605. The van der Waals surface area contributed by atoms with Gasteiger partial charge in [-0.25, -0.2) is 13.4 Å². The summed E-state index contributed by atoms with van der Waals surface area (Å²) in [6, 6.07) is 11.1. The molecule has 0 fully saturated rings. The molecule has 0 saturated carbocycles. The number of benzene rings is 2. The first-order chi connectivity index (χ1) is 15.3. The minimum absolute atomic E-state index is 0.0461. The predicted octanol–water partition coefficient (Wildman–Crippen LogP) is 3.97. The maximum Gasteiger partial charge on any atom is 0.243 e. The number of nitrogens with zero attached hydrogens (tertiary/aromatic N) is 3. The van der Waals surface area contributed by atoms with Crippen molar-refractivity contribution in [2.24, 2.45) is 0 Å². The highest BCUT2D eigenvalue weighted by Gasteiger charge is 2.27. The molecule has 0 radical (unpaired) electrons. The van der Waals surface area contributed by atoms with Gasteiger partial charge < -0.3 is 5.32 Å². The van der Waals surface area contributed by atoms with E-state index in [4.69, 9.17) is 23.2 Å². The van der Waals surface area contributed by atoms with Gasteiger partial charge in [0.1, 0.15) is 6.33 Å². The van der Waals surface area contributed by atoms with E-state index in [1.165, 1.54) is 30.2 Å². The average Bonchev–Trinajstić information content (AvgIpc) is 3.27. The van der Waals surface area contributed by atoms with Crippen molar-refractivity contribution in [2.45, 2.75) is 16.6 Å². The number of carbonyl (C=O) groups excluding carboxylic acids is 1. The molecule has 32 heavy (non-hydrogen) atoms. The highest BCUT2D eigenvalue weighted by atomic mass is 79.9. The number of halogens is 3. The maximum atomic E-state index is 13.3. The summed E-state index contributed by atoms with van der Waals surface area (Å²) in [7, 11) is -3.95. The van der Waals surface area contributed by atoms with Gasteiger partial charge in [-0.3, -0.25) is 9.89 Å². The van der Waals surface area contributed by atoms with E-state index in [2.05, 4.69) is 36.4 Å². The van der Waals surface area contributed by atoms with E-state index in [-0.39, 0.29) is 18.0 Å². The molecule has 13 heteroatoms. The molecule has 0 aliphatic carbocycles. The van der Waals surface area contributed by atoms with Crippen molar-refractivity contribution in [3.8, 4) is 0 Å². The highest BCUT2D eigenvalue weighted by Crippen LogP contribution is 2.25. The van der Waals surface area contributed by atoms with Crippen molar-refractivity contribution in [3.05, 3.63) is 68.9 Å². The Morgan fingerprint density at radius 2 is 1.91 bits per heavy atom. The van der Waals surface area contributed by atoms with Gasteiger partial charge >= 0.3 is 0 Å². The fraction of sp³-hybridized carbons (Fsp3) is 0.211. The molecule has 3 rings (SSSR count). The number of sulfonamides is 1. The number of hydrogen-bond donors (Lipinski definition) is 2. The number of aromatic amines is 1. The van der Waals surface area contributed by atoms with Crippen LogP contribution in [0.25, 0.3) is 0 Å². The Balaban J connectivity index is 1.72. The lowest BCUT2D eigenvalue weighted by atomic mass is 10.2. The molecule has 0 aliphatic heterocycles. The SMILES string of the molecule is O=C(CN(Cc1ccc(Cl)c(Cl)c1)S(=O)(=O)c1ccc(Br)cc1)NCCSc1ncn[nH]1. The molecule has 2 N–H and O–H groups in total. The number of nitrogens with one attached hydrogen (secondary N) is 2. The average molecular weight is 579 g/mol. The molecule has 3 aromatic rings. The number of amides is 1. The lowest BCUT2D eigenvalue weighted by Crippen LogP contribution is -2.40. The number of H-pyrrole nitrogens is 1. The summed E-state index contributed by atoms with van der Waals surface area (Å²) in [5, 5.41) is 10.5. The monoisotopic (exact) mass is 577 g/mol. The Morgan fingerprint density at radius 1 is 1.16 bits per heavy atom. The predicted molar refractivity (Wildman–Crippen MR) is 128 cm³/mol. The van der Waals surface area contributed by atoms with Crippen molar-refractivity contribution >= 4 is 66.8 Å². The second-order valence-corrected chi connectivity index (χ2v) is 11.2. The standard InChI is InChI=1S/C19H18BrCl2N5O3S2/c20-14-2-4-15(5-3-14)32(29,30)27(10-13-1-6-16(21)17(22)9-13)11-18(28)23-7-8-31-19-24-12-25-26-19/h1-6,9,12H,7-8,10-11H2,(H,23,28)(H,24,25,26). The second-order valence-electron chi connectivity index (χ2n) is 6.46. The number of hydrogen-bond acceptors (Lipinski definition) is 6. The minimum atomic E-state index is -3.95. The lowest BCUT2D eigenvalue weighted by Gasteiger charge is -2.22. The van der Waals surface area contributed by atoms with E-state index in [0.29, 0.717) is 33.1 Å². The molecule has 0 saturated heterocycles. The fourth-order valence-electron chi connectivity index (χ4n) is 2.64.